The molecule has 0 aliphatic carbocycles. The summed E-state index contributed by atoms with van der Waals surface area (Å²) in [4.78, 5) is 39.4. The molecule has 0 saturated carbocycles. The Hall–Kier alpha value is -2.23. The number of unbranched alkanes of at least 4 members (excludes halogenated alkanes) is 29. The van der Waals surface area contributed by atoms with E-state index in [9.17, 15) is 65.4 Å². The van der Waals surface area contributed by atoms with Gasteiger partial charge in [-0.15, -0.1) is 0 Å². The topological polar surface area (TPSA) is 345 Å². The van der Waals surface area contributed by atoms with E-state index in [1.807, 2.05) is 0 Å². The van der Waals surface area contributed by atoms with Gasteiger partial charge in [0.25, 0.3) is 0 Å². The molecule has 3 aliphatic heterocycles. The van der Waals surface area contributed by atoms with Crippen LogP contribution in [0.25, 0.3) is 0 Å². The quantitative estimate of drug-likeness (QED) is 0.0298. The molecule has 0 radical (unpaired) electrons. The monoisotopic (exact) mass is 1260 g/mol. The maximum Gasteiger partial charge on any atom is 0.249 e. The second-order valence-corrected chi connectivity index (χ2v) is 26.2. The van der Waals surface area contributed by atoms with Crippen molar-refractivity contribution in [2.75, 3.05) is 19.8 Å². The zero-order chi connectivity index (χ0) is 64.8. The molecule has 3 fully saturated rings. The lowest BCUT2D eigenvalue weighted by Crippen LogP contribution is -2.71. The van der Waals surface area contributed by atoms with E-state index in [0.29, 0.717) is 18.8 Å². The molecule has 0 aromatic carbocycles. The molecule has 0 spiro atoms. The molecule has 88 heavy (non-hydrogen) atoms. The van der Waals surface area contributed by atoms with Gasteiger partial charge in [-0.1, -0.05) is 226 Å². The first-order valence-corrected chi connectivity index (χ1v) is 34.7. The van der Waals surface area contributed by atoms with Gasteiger partial charge in [0.2, 0.25) is 17.7 Å². The zero-order valence-electron chi connectivity index (χ0n) is 54.9. The van der Waals surface area contributed by atoms with Crippen LogP contribution < -0.4 is 16.0 Å². The molecule has 19 unspecified atom stereocenters. The Balaban J connectivity index is 1.70. The summed E-state index contributed by atoms with van der Waals surface area (Å²) in [5.41, 5.74) is 0. The third-order valence-electron chi connectivity index (χ3n) is 17.8. The summed E-state index contributed by atoms with van der Waals surface area (Å²) in [5, 5.41) is 118. The maximum atomic E-state index is 13.8. The Morgan fingerprint density at radius 1 is 0.466 bits per heavy atom. The summed E-state index contributed by atoms with van der Waals surface area (Å²) in [6.45, 7) is 8.11. The van der Waals surface area contributed by atoms with Crippen molar-refractivity contribution in [2.45, 2.75) is 376 Å². The van der Waals surface area contributed by atoms with Gasteiger partial charge >= 0.3 is 0 Å². The molecule has 22 nitrogen and oxygen atoms in total. The van der Waals surface area contributed by atoms with E-state index in [1.165, 1.54) is 142 Å². The molecular weight excluding hydrogens is 1140 g/mol. The largest absolute Gasteiger partial charge is 0.394 e. The van der Waals surface area contributed by atoms with Crippen molar-refractivity contribution in [2.24, 2.45) is 5.92 Å². The number of carbonyl (C=O) groups is 3. The number of amides is 3. The second kappa shape index (κ2) is 46.8. The van der Waals surface area contributed by atoms with Crippen molar-refractivity contribution in [3.05, 3.63) is 0 Å². The molecule has 3 saturated heterocycles. The predicted octanol–water partition coefficient (Wildman–Crippen LogP) is 6.27. The Bertz CT molecular complexity index is 1790. The van der Waals surface area contributed by atoms with Crippen LogP contribution in [0.5, 0.6) is 0 Å². The van der Waals surface area contributed by atoms with Gasteiger partial charge in [-0.25, -0.2) is 0 Å². The van der Waals surface area contributed by atoms with Gasteiger partial charge in [0.15, 0.2) is 18.9 Å². The summed E-state index contributed by atoms with van der Waals surface area (Å²) in [6, 6.07) is -4.44. The summed E-state index contributed by atoms with van der Waals surface area (Å²) in [5.74, 6) is -1.48. The van der Waals surface area contributed by atoms with E-state index in [4.69, 9.17) is 28.4 Å². The van der Waals surface area contributed by atoms with Gasteiger partial charge in [0, 0.05) is 13.8 Å². The molecule has 518 valence electrons. The second-order valence-electron chi connectivity index (χ2n) is 26.2. The molecule has 13 N–H and O–H groups in total. The van der Waals surface area contributed by atoms with E-state index < -0.39 is 154 Å². The molecule has 22 heteroatoms. The van der Waals surface area contributed by atoms with Crippen LogP contribution in [0, 0.1) is 5.92 Å². The fourth-order valence-corrected chi connectivity index (χ4v) is 12.3. The van der Waals surface area contributed by atoms with Crippen LogP contribution in [-0.4, -0.2) is 205 Å². The Morgan fingerprint density at radius 3 is 1.34 bits per heavy atom. The molecule has 3 aliphatic rings. The molecule has 0 aromatic heterocycles. The highest BCUT2D eigenvalue weighted by Gasteiger charge is 2.55. The van der Waals surface area contributed by atoms with E-state index in [-0.39, 0.29) is 12.8 Å². The van der Waals surface area contributed by atoms with Crippen LogP contribution in [0.3, 0.4) is 0 Å². The molecule has 0 aromatic rings. The Kier molecular flexibility index (Phi) is 42.5. The molecule has 3 rings (SSSR count). The van der Waals surface area contributed by atoms with Crippen molar-refractivity contribution in [3.8, 4) is 0 Å². The number of hydrogen-bond acceptors (Lipinski definition) is 19. The highest BCUT2D eigenvalue weighted by molar-refractivity contribution is 5.80. The van der Waals surface area contributed by atoms with E-state index >= 15 is 0 Å². The van der Waals surface area contributed by atoms with E-state index in [1.54, 1.807) is 0 Å². The highest BCUT2D eigenvalue weighted by Crippen LogP contribution is 2.35. The number of aliphatic hydroxyl groups excluding tert-OH is 10. The SMILES string of the molecule is CCCCCCCCCCCCCCCCCCCCCCCCC(O)C(=O)NC(COC1OC(CO)C(OC2OC(CO)C(O)C(O)C2NC(C)=O)C(OC2OC(C)C(O)C(O)C2O)C1NC(C)=O)C(O)C(O)CCCCCCCCCCCC(C)C. The third-order valence-corrected chi connectivity index (χ3v) is 17.8. The number of aliphatic hydroxyl groups is 10. The number of rotatable bonds is 50. The van der Waals surface area contributed by atoms with Gasteiger partial charge in [-0.3, -0.25) is 14.4 Å². The van der Waals surface area contributed by atoms with Crippen LogP contribution in [-0.2, 0) is 42.8 Å². The lowest BCUT2D eigenvalue weighted by molar-refractivity contribution is -0.366. The van der Waals surface area contributed by atoms with Crippen molar-refractivity contribution in [1.29, 1.82) is 0 Å². The third kappa shape index (κ3) is 30.7. The Morgan fingerprint density at radius 2 is 0.886 bits per heavy atom. The number of hydrogen-bond donors (Lipinski definition) is 13. The Labute approximate surface area is 527 Å². The van der Waals surface area contributed by atoms with Crippen molar-refractivity contribution >= 4 is 17.7 Å². The molecule has 0 bridgehead atoms. The van der Waals surface area contributed by atoms with Crippen molar-refractivity contribution < 1.29 is 93.9 Å². The first-order valence-electron chi connectivity index (χ1n) is 34.7. The summed E-state index contributed by atoms with van der Waals surface area (Å²) in [6.07, 6.45) is 12.2. The van der Waals surface area contributed by atoms with Crippen molar-refractivity contribution in [3.63, 3.8) is 0 Å². The minimum absolute atomic E-state index is 0.145. The summed E-state index contributed by atoms with van der Waals surface area (Å²) in [7, 11) is 0. The molecular formula is C66H125N3O19. The van der Waals surface area contributed by atoms with Gasteiger partial charge in [0.05, 0.1) is 38.1 Å². The lowest BCUT2D eigenvalue weighted by Gasteiger charge is -2.50. The minimum atomic E-state index is -1.92. The van der Waals surface area contributed by atoms with Crippen LogP contribution in [0.1, 0.15) is 260 Å². The number of carbonyl (C=O) groups excluding carboxylic acids is 3. The lowest BCUT2D eigenvalue weighted by atomic mass is 9.93. The fraction of sp³-hybridized carbons (Fsp3) is 0.955. The zero-order valence-corrected chi connectivity index (χ0v) is 54.9. The number of nitrogens with one attached hydrogen (secondary N) is 3. The smallest absolute Gasteiger partial charge is 0.249 e. The first-order chi connectivity index (χ1) is 42.2. The normalized spacial score (nSPS) is 28.9. The van der Waals surface area contributed by atoms with Crippen LogP contribution in [0.15, 0.2) is 0 Å². The predicted molar refractivity (Wildman–Crippen MR) is 334 cm³/mol. The van der Waals surface area contributed by atoms with Crippen LogP contribution in [0.4, 0.5) is 0 Å². The molecule has 19 atom stereocenters. The highest BCUT2D eigenvalue weighted by atomic mass is 16.8. The fourth-order valence-electron chi connectivity index (χ4n) is 12.3. The van der Waals surface area contributed by atoms with Gasteiger partial charge in [-0.2, -0.15) is 0 Å². The van der Waals surface area contributed by atoms with Gasteiger partial charge in [-0.05, 0) is 25.7 Å². The standard InChI is InChI=1S/C66H125N3O19/c1-7-8-9-10-11-12-13-14-15-16-17-18-19-20-21-22-23-24-27-31-34-37-40-50(75)63(82)69-48(56(77)49(74)39-36-33-30-28-25-26-29-32-35-38-44(2)3)43-83-64-54(68-47(6)73)62(88-66-60(81)59(80)55(76)45(4)84-66)61(52(42-71)86-64)87-65-53(67-46(5)72)58(79)57(78)51(41-70)85-65/h44-45,48-62,64-66,70-71,74-81H,7-43H2,1-6H3,(H,67,72)(H,68,73)(H,69,82). The van der Waals surface area contributed by atoms with E-state index in [2.05, 4.69) is 36.7 Å². The van der Waals surface area contributed by atoms with Gasteiger partial charge < -0.3 is 95.4 Å². The maximum absolute atomic E-state index is 13.8. The van der Waals surface area contributed by atoms with Gasteiger partial charge in [0.1, 0.15) is 79.2 Å². The van der Waals surface area contributed by atoms with Crippen molar-refractivity contribution in [1.82, 2.24) is 16.0 Å². The minimum Gasteiger partial charge on any atom is -0.394 e. The molecule has 3 heterocycles. The summed E-state index contributed by atoms with van der Waals surface area (Å²) >= 11 is 0. The molecule has 3 amide bonds. The van der Waals surface area contributed by atoms with Crippen LogP contribution >= 0.6 is 0 Å². The average molecular weight is 1260 g/mol. The average Bonchev–Trinajstić information content (AvgIpc) is 0.904. The van der Waals surface area contributed by atoms with Crippen LogP contribution in [0.2, 0.25) is 0 Å². The van der Waals surface area contributed by atoms with E-state index in [0.717, 1.165) is 71.6 Å². The summed E-state index contributed by atoms with van der Waals surface area (Å²) < 4.78 is 36.9. The first kappa shape index (κ1) is 80.0. The number of ether oxygens (including phenoxy) is 6.